The summed E-state index contributed by atoms with van der Waals surface area (Å²) < 4.78 is 0. The zero-order chi connectivity index (χ0) is 12.1. The standard InChI is InChI=1S/C13H17NO2/c1-10(15)8-11-6-4-5-7-12(11)9-13(16)14(2)3/h4-7H,8-9H2,1-3H3. The van der Waals surface area contributed by atoms with Crippen LogP contribution in [0.4, 0.5) is 0 Å². The second-order valence-electron chi connectivity index (χ2n) is 4.11. The first kappa shape index (κ1) is 12.4. The summed E-state index contributed by atoms with van der Waals surface area (Å²) in [5.41, 5.74) is 1.89. The fourth-order valence-corrected chi connectivity index (χ4v) is 1.49. The monoisotopic (exact) mass is 219 g/mol. The van der Waals surface area contributed by atoms with Gasteiger partial charge in [-0.05, 0) is 18.1 Å². The van der Waals surface area contributed by atoms with Gasteiger partial charge in [-0.2, -0.15) is 0 Å². The number of ketones is 1. The van der Waals surface area contributed by atoms with Gasteiger partial charge in [0.25, 0.3) is 0 Å². The van der Waals surface area contributed by atoms with E-state index in [1.807, 2.05) is 24.3 Å². The predicted octanol–water partition coefficient (Wildman–Crippen LogP) is 1.45. The maximum Gasteiger partial charge on any atom is 0.226 e. The molecule has 0 bridgehead atoms. The van der Waals surface area contributed by atoms with Gasteiger partial charge in [0.1, 0.15) is 5.78 Å². The summed E-state index contributed by atoms with van der Waals surface area (Å²) in [6.45, 7) is 1.56. The molecule has 0 unspecified atom stereocenters. The first-order valence-corrected chi connectivity index (χ1v) is 5.27. The Hall–Kier alpha value is -1.64. The van der Waals surface area contributed by atoms with Crippen LogP contribution >= 0.6 is 0 Å². The smallest absolute Gasteiger partial charge is 0.226 e. The average molecular weight is 219 g/mol. The molecule has 0 atom stereocenters. The molecular weight excluding hydrogens is 202 g/mol. The number of rotatable bonds is 4. The van der Waals surface area contributed by atoms with Crippen molar-refractivity contribution < 1.29 is 9.59 Å². The van der Waals surface area contributed by atoms with E-state index in [0.29, 0.717) is 12.8 Å². The molecule has 0 aliphatic heterocycles. The number of nitrogens with zero attached hydrogens (tertiary/aromatic N) is 1. The van der Waals surface area contributed by atoms with E-state index < -0.39 is 0 Å². The van der Waals surface area contributed by atoms with E-state index in [9.17, 15) is 9.59 Å². The highest BCUT2D eigenvalue weighted by Gasteiger charge is 2.10. The van der Waals surface area contributed by atoms with Crippen LogP contribution in [0.25, 0.3) is 0 Å². The molecule has 0 saturated carbocycles. The number of carbonyl (C=O) groups excluding carboxylic acids is 2. The maximum absolute atomic E-state index is 11.6. The van der Waals surface area contributed by atoms with Crippen LogP contribution in [0.1, 0.15) is 18.1 Å². The van der Waals surface area contributed by atoms with Crippen LogP contribution in [0, 0.1) is 0 Å². The molecule has 0 aliphatic rings. The van der Waals surface area contributed by atoms with Gasteiger partial charge < -0.3 is 4.90 Å². The number of hydrogen-bond acceptors (Lipinski definition) is 2. The Balaban J connectivity index is 2.86. The van der Waals surface area contributed by atoms with Crippen LogP contribution in [0.3, 0.4) is 0 Å². The van der Waals surface area contributed by atoms with E-state index >= 15 is 0 Å². The minimum absolute atomic E-state index is 0.0519. The predicted molar refractivity (Wildman–Crippen MR) is 63.2 cm³/mol. The summed E-state index contributed by atoms with van der Waals surface area (Å²) >= 11 is 0. The normalized spacial score (nSPS) is 9.94. The lowest BCUT2D eigenvalue weighted by Crippen LogP contribution is -2.24. The third-order valence-electron chi connectivity index (χ3n) is 2.40. The van der Waals surface area contributed by atoms with Crippen molar-refractivity contribution >= 4 is 11.7 Å². The molecule has 1 amide bonds. The van der Waals surface area contributed by atoms with Crippen molar-refractivity contribution in [2.45, 2.75) is 19.8 Å². The van der Waals surface area contributed by atoms with Crippen LogP contribution in [-0.2, 0) is 22.4 Å². The fourth-order valence-electron chi connectivity index (χ4n) is 1.49. The van der Waals surface area contributed by atoms with Crippen molar-refractivity contribution in [3.8, 4) is 0 Å². The number of carbonyl (C=O) groups is 2. The topological polar surface area (TPSA) is 37.4 Å². The van der Waals surface area contributed by atoms with Gasteiger partial charge in [-0.3, -0.25) is 9.59 Å². The number of hydrogen-bond donors (Lipinski definition) is 0. The Morgan fingerprint density at radius 1 is 1.06 bits per heavy atom. The Labute approximate surface area is 96.1 Å². The van der Waals surface area contributed by atoms with Crippen molar-refractivity contribution in [1.82, 2.24) is 4.90 Å². The van der Waals surface area contributed by atoms with Crippen LogP contribution < -0.4 is 0 Å². The van der Waals surface area contributed by atoms with Gasteiger partial charge in [0, 0.05) is 20.5 Å². The van der Waals surface area contributed by atoms with Gasteiger partial charge in [-0.15, -0.1) is 0 Å². The molecular formula is C13H17NO2. The SMILES string of the molecule is CC(=O)Cc1ccccc1CC(=O)N(C)C. The fraction of sp³-hybridized carbons (Fsp3) is 0.385. The Kier molecular flexibility index (Phi) is 4.23. The third-order valence-corrected chi connectivity index (χ3v) is 2.40. The average Bonchev–Trinajstić information content (AvgIpc) is 2.20. The lowest BCUT2D eigenvalue weighted by Gasteiger charge is -2.12. The van der Waals surface area contributed by atoms with Gasteiger partial charge in [-0.25, -0.2) is 0 Å². The summed E-state index contributed by atoms with van der Waals surface area (Å²) in [6, 6.07) is 7.59. The first-order valence-electron chi connectivity index (χ1n) is 5.27. The van der Waals surface area contributed by atoms with Crippen molar-refractivity contribution in [3.63, 3.8) is 0 Å². The summed E-state index contributed by atoms with van der Waals surface area (Å²) in [5.74, 6) is 0.167. The van der Waals surface area contributed by atoms with E-state index in [1.165, 1.54) is 0 Å². The lowest BCUT2D eigenvalue weighted by atomic mass is 10.00. The van der Waals surface area contributed by atoms with Crippen molar-refractivity contribution in [2.75, 3.05) is 14.1 Å². The molecule has 0 aromatic heterocycles. The summed E-state index contributed by atoms with van der Waals surface area (Å²) in [6.07, 6.45) is 0.757. The molecule has 0 fully saturated rings. The van der Waals surface area contributed by atoms with Crippen molar-refractivity contribution in [1.29, 1.82) is 0 Å². The molecule has 1 aromatic carbocycles. The van der Waals surface area contributed by atoms with Gasteiger partial charge >= 0.3 is 0 Å². The first-order chi connectivity index (χ1) is 7.50. The molecule has 0 aliphatic carbocycles. The number of Topliss-reactive ketones (excluding diaryl/α,β-unsaturated/α-hetero) is 1. The summed E-state index contributed by atoms with van der Waals surface area (Å²) in [5, 5.41) is 0. The van der Waals surface area contributed by atoms with E-state index in [-0.39, 0.29) is 11.7 Å². The molecule has 86 valence electrons. The maximum atomic E-state index is 11.6. The molecule has 3 heteroatoms. The van der Waals surface area contributed by atoms with Gasteiger partial charge in [0.05, 0.1) is 6.42 Å². The molecule has 0 N–H and O–H groups in total. The third kappa shape index (κ3) is 3.50. The Morgan fingerprint density at radius 2 is 1.56 bits per heavy atom. The van der Waals surface area contributed by atoms with E-state index in [1.54, 1.807) is 25.9 Å². The van der Waals surface area contributed by atoms with Gasteiger partial charge in [0.15, 0.2) is 0 Å². The highest BCUT2D eigenvalue weighted by atomic mass is 16.2. The zero-order valence-electron chi connectivity index (χ0n) is 9.99. The lowest BCUT2D eigenvalue weighted by molar-refractivity contribution is -0.128. The van der Waals surface area contributed by atoms with Gasteiger partial charge in [-0.1, -0.05) is 24.3 Å². The molecule has 0 saturated heterocycles. The molecule has 0 heterocycles. The van der Waals surface area contributed by atoms with Crippen molar-refractivity contribution in [2.24, 2.45) is 0 Å². The van der Waals surface area contributed by atoms with Gasteiger partial charge in [0.2, 0.25) is 5.91 Å². The number of amides is 1. The number of benzene rings is 1. The second-order valence-corrected chi connectivity index (χ2v) is 4.11. The largest absolute Gasteiger partial charge is 0.349 e. The second kappa shape index (κ2) is 5.45. The minimum atomic E-state index is 0.0519. The molecule has 3 nitrogen and oxygen atoms in total. The molecule has 1 rings (SSSR count). The molecule has 1 aromatic rings. The van der Waals surface area contributed by atoms with Crippen molar-refractivity contribution in [3.05, 3.63) is 35.4 Å². The molecule has 0 radical (unpaired) electrons. The van der Waals surface area contributed by atoms with Crippen LogP contribution in [-0.4, -0.2) is 30.7 Å². The van der Waals surface area contributed by atoms with E-state index in [0.717, 1.165) is 11.1 Å². The minimum Gasteiger partial charge on any atom is -0.349 e. The number of likely N-dealkylation sites (N-methyl/N-ethyl adjacent to an activating group) is 1. The van der Waals surface area contributed by atoms with Crippen LogP contribution in [0.5, 0.6) is 0 Å². The Morgan fingerprint density at radius 3 is 2.00 bits per heavy atom. The van der Waals surface area contributed by atoms with Crippen LogP contribution in [0.15, 0.2) is 24.3 Å². The highest BCUT2D eigenvalue weighted by Crippen LogP contribution is 2.11. The molecule has 16 heavy (non-hydrogen) atoms. The highest BCUT2D eigenvalue weighted by molar-refractivity contribution is 5.81. The summed E-state index contributed by atoms with van der Waals surface area (Å²) in [7, 11) is 3.46. The zero-order valence-corrected chi connectivity index (χ0v) is 9.99. The van der Waals surface area contributed by atoms with Crippen LogP contribution in [0.2, 0.25) is 0 Å². The summed E-state index contributed by atoms with van der Waals surface area (Å²) in [4.78, 5) is 24.2. The van der Waals surface area contributed by atoms with E-state index in [2.05, 4.69) is 0 Å². The quantitative estimate of drug-likeness (QED) is 0.768. The Bertz CT molecular complexity index is 397. The van der Waals surface area contributed by atoms with E-state index in [4.69, 9.17) is 0 Å². The molecule has 0 spiro atoms.